The molecule has 0 amide bonds. The van der Waals surface area contributed by atoms with Gasteiger partial charge in [0, 0.05) is 15.6 Å². The molecule has 5 nitrogen and oxygen atoms in total. The van der Waals surface area contributed by atoms with Gasteiger partial charge in [-0.15, -0.1) is 0 Å². The molecular weight excluding hydrogens is 355 g/mol. The number of rotatable bonds is 3. The van der Waals surface area contributed by atoms with E-state index < -0.39 is 34.7 Å². The summed E-state index contributed by atoms with van der Waals surface area (Å²) >= 11 is 12.1. The fourth-order valence-corrected chi connectivity index (χ4v) is 3.35. The minimum atomic E-state index is -1.99. The Morgan fingerprint density at radius 2 is 1.88 bits per heavy atom. The molecule has 24 heavy (non-hydrogen) atoms. The minimum absolute atomic E-state index is 0.0574. The van der Waals surface area contributed by atoms with Crippen molar-refractivity contribution in [3.63, 3.8) is 0 Å². The number of hydrogen-bond acceptors (Lipinski definition) is 5. The van der Waals surface area contributed by atoms with Gasteiger partial charge in [0.2, 0.25) is 5.41 Å². The maximum Gasteiger partial charge on any atom is 0.331 e. The Labute approximate surface area is 150 Å². The molecule has 1 aromatic carbocycles. The summed E-state index contributed by atoms with van der Waals surface area (Å²) in [6.07, 6.45) is -0.926. The second kappa shape index (κ2) is 6.37. The molecule has 1 fully saturated rings. The highest BCUT2D eigenvalue weighted by Crippen LogP contribution is 2.49. The van der Waals surface area contributed by atoms with E-state index in [0.717, 1.165) is 0 Å². The van der Waals surface area contributed by atoms with Crippen LogP contribution < -0.4 is 0 Å². The van der Waals surface area contributed by atoms with Gasteiger partial charge in [-0.05, 0) is 39.8 Å². The Balaban J connectivity index is 2.50. The van der Waals surface area contributed by atoms with Crippen molar-refractivity contribution >= 4 is 40.9 Å². The van der Waals surface area contributed by atoms with Gasteiger partial charge in [-0.3, -0.25) is 14.4 Å². The number of carbonyl (C=O) groups excluding carboxylic acids is 3. The summed E-state index contributed by atoms with van der Waals surface area (Å²) in [7, 11) is 0. The first-order valence-electron chi connectivity index (χ1n) is 7.45. The number of Topliss-reactive ketones (excluding diaryl/α,β-unsaturated/α-hetero) is 1. The third kappa shape index (κ3) is 2.80. The maximum absolute atomic E-state index is 13.0. The van der Waals surface area contributed by atoms with Crippen molar-refractivity contribution in [2.24, 2.45) is 10.8 Å². The smallest absolute Gasteiger partial charge is 0.331 e. The normalized spacial score (nSPS) is 26.0. The molecule has 0 N–H and O–H groups in total. The molecule has 0 spiro atoms. The zero-order valence-electron chi connectivity index (χ0n) is 13.8. The van der Waals surface area contributed by atoms with E-state index in [1.165, 1.54) is 13.0 Å². The Morgan fingerprint density at radius 1 is 1.25 bits per heavy atom. The van der Waals surface area contributed by atoms with Gasteiger partial charge >= 0.3 is 11.9 Å². The molecule has 130 valence electrons. The summed E-state index contributed by atoms with van der Waals surface area (Å²) in [6, 6.07) is 4.70. The van der Waals surface area contributed by atoms with Gasteiger partial charge in [-0.1, -0.05) is 29.3 Å². The van der Waals surface area contributed by atoms with Crippen molar-refractivity contribution in [2.45, 2.75) is 33.8 Å². The molecule has 0 unspecified atom stereocenters. The lowest BCUT2D eigenvalue weighted by molar-refractivity contribution is -0.195. The Bertz CT molecular complexity index is 713. The number of ketones is 1. The van der Waals surface area contributed by atoms with Crippen molar-refractivity contribution in [2.75, 3.05) is 6.61 Å². The van der Waals surface area contributed by atoms with Crippen LogP contribution in [-0.2, 0) is 23.9 Å². The van der Waals surface area contributed by atoms with Crippen LogP contribution in [0.5, 0.6) is 0 Å². The predicted octanol–water partition coefficient (Wildman–Crippen LogP) is 3.76. The lowest BCUT2D eigenvalue weighted by Gasteiger charge is -2.43. The van der Waals surface area contributed by atoms with Gasteiger partial charge in [0.05, 0.1) is 12.0 Å². The second-order valence-electron chi connectivity index (χ2n) is 6.35. The zero-order chi connectivity index (χ0) is 18.3. The standard InChI is InChI=1S/C17H18Cl2O5/c1-5-23-14(21)17(4)13(20)16(2,3)12(24-15(17)22)10-7-6-9(18)8-11(10)19/h6-8,12H,5H2,1-4H3/t12-,17-/m0/s1. The Hall–Kier alpha value is -1.59. The molecule has 2 atom stereocenters. The Kier molecular flexibility index (Phi) is 4.98. The number of esters is 2. The van der Waals surface area contributed by atoms with E-state index in [2.05, 4.69) is 0 Å². The number of ether oxygens (including phenoxy) is 2. The molecular formula is C17H18Cl2O5. The summed E-state index contributed by atoms with van der Waals surface area (Å²) in [4.78, 5) is 37.7. The van der Waals surface area contributed by atoms with Crippen LogP contribution in [0, 0.1) is 10.8 Å². The first-order chi connectivity index (χ1) is 11.1. The Morgan fingerprint density at radius 3 is 2.42 bits per heavy atom. The van der Waals surface area contributed by atoms with E-state index in [0.29, 0.717) is 10.6 Å². The highest BCUT2D eigenvalue weighted by atomic mass is 35.5. The van der Waals surface area contributed by atoms with Crippen LogP contribution in [-0.4, -0.2) is 24.3 Å². The monoisotopic (exact) mass is 372 g/mol. The van der Waals surface area contributed by atoms with E-state index in [9.17, 15) is 14.4 Å². The molecule has 0 bridgehead atoms. The molecule has 2 rings (SSSR count). The van der Waals surface area contributed by atoms with Gasteiger partial charge in [0.1, 0.15) is 6.10 Å². The van der Waals surface area contributed by atoms with E-state index in [4.69, 9.17) is 32.7 Å². The third-order valence-electron chi connectivity index (χ3n) is 4.26. The van der Waals surface area contributed by atoms with Crippen LogP contribution in [0.4, 0.5) is 0 Å². The van der Waals surface area contributed by atoms with Crippen molar-refractivity contribution in [1.29, 1.82) is 0 Å². The van der Waals surface area contributed by atoms with Crippen LogP contribution >= 0.6 is 23.2 Å². The molecule has 1 aliphatic heterocycles. The van der Waals surface area contributed by atoms with Gasteiger partial charge in [0.15, 0.2) is 5.78 Å². The number of hydrogen-bond donors (Lipinski definition) is 0. The number of cyclic esters (lactones) is 1. The summed E-state index contributed by atoms with van der Waals surface area (Å²) in [5.74, 6) is -2.42. The number of benzene rings is 1. The topological polar surface area (TPSA) is 69.7 Å². The molecule has 1 aliphatic rings. The summed E-state index contributed by atoms with van der Waals surface area (Å²) in [5.41, 5.74) is -2.71. The first kappa shape index (κ1) is 18.7. The minimum Gasteiger partial charge on any atom is -0.465 e. The fourth-order valence-electron chi connectivity index (χ4n) is 2.85. The van der Waals surface area contributed by atoms with Crippen molar-refractivity contribution in [3.8, 4) is 0 Å². The van der Waals surface area contributed by atoms with E-state index >= 15 is 0 Å². The predicted molar refractivity (Wildman–Crippen MR) is 88.8 cm³/mol. The second-order valence-corrected chi connectivity index (χ2v) is 7.19. The fraction of sp³-hybridized carbons (Fsp3) is 0.471. The number of halogens is 2. The van der Waals surface area contributed by atoms with Crippen molar-refractivity contribution in [1.82, 2.24) is 0 Å². The maximum atomic E-state index is 13.0. The molecule has 7 heteroatoms. The third-order valence-corrected chi connectivity index (χ3v) is 4.82. The van der Waals surface area contributed by atoms with Gasteiger partial charge in [-0.2, -0.15) is 0 Å². The summed E-state index contributed by atoms with van der Waals surface area (Å²) in [6.45, 7) is 6.10. The summed E-state index contributed by atoms with van der Waals surface area (Å²) in [5, 5.41) is 0.701. The van der Waals surface area contributed by atoms with Gasteiger partial charge in [-0.25, -0.2) is 0 Å². The van der Waals surface area contributed by atoms with Crippen LogP contribution in [0.25, 0.3) is 0 Å². The highest BCUT2D eigenvalue weighted by Gasteiger charge is 2.63. The highest BCUT2D eigenvalue weighted by molar-refractivity contribution is 6.35. The van der Waals surface area contributed by atoms with Crippen LogP contribution in [0.2, 0.25) is 10.0 Å². The SMILES string of the molecule is CCOC(=O)[C@@]1(C)C(=O)O[C@@H](c2ccc(Cl)cc2Cl)C(C)(C)C1=O. The molecule has 0 aliphatic carbocycles. The lowest BCUT2D eigenvalue weighted by Crippen LogP contribution is -2.57. The van der Waals surface area contributed by atoms with E-state index in [1.807, 2.05) is 0 Å². The average Bonchev–Trinajstić information content (AvgIpc) is 2.50. The number of carbonyl (C=O) groups is 3. The van der Waals surface area contributed by atoms with Crippen molar-refractivity contribution in [3.05, 3.63) is 33.8 Å². The zero-order valence-corrected chi connectivity index (χ0v) is 15.3. The lowest BCUT2D eigenvalue weighted by atomic mass is 9.66. The quantitative estimate of drug-likeness (QED) is 0.596. The first-order valence-corrected chi connectivity index (χ1v) is 8.20. The van der Waals surface area contributed by atoms with Crippen LogP contribution in [0.3, 0.4) is 0 Å². The molecule has 1 aromatic rings. The largest absolute Gasteiger partial charge is 0.465 e. The van der Waals surface area contributed by atoms with E-state index in [-0.39, 0.29) is 11.6 Å². The molecule has 0 radical (unpaired) electrons. The van der Waals surface area contributed by atoms with E-state index in [1.54, 1.807) is 32.9 Å². The van der Waals surface area contributed by atoms with Gasteiger partial charge in [0.25, 0.3) is 0 Å². The summed E-state index contributed by atoms with van der Waals surface area (Å²) < 4.78 is 10.4. The molecule has 0 saturated carbocycles. The van der Waals surface area contributed by atoms with Crippen LogP contribution in [0.15, 0.2) is 18.2 Å². The van der Waals surface area contributed by atoms with Crippen LogP contribution in [0.1, 0.15) is 39.4 Å². The molecule has 1 saturated heterocycles. The molecule has 0 aromatic heterocycles. The van der Waals surface area contributed by atoms with Crippen molar-refractivity contribution < 1.29 is 23.9 Å². The average molecular weight is 373 g/mol. The van der Waals surface area contributed by atoms with Gasteiger partial charge < -0.3 is 9.47 Å². The molecule has 1 heterocycles.